The van der Waals surface area contributed by atoms with E-state index in [9.17, 15) is 13.6 Å². The van der Waals surface area contributed by atoms with Crippen LogP contribution in [0.2, 0.25) is 0 Å². The number of nitrogens with two attached hydrogens (primary N) is 1. The molecule has 1 aromatic heterocycles. The zero-order chi connectivity index (χ0) is 22.4. The minimum Gasteiger partial charge on any atom is -0.496 e. The van der Waals surface area contributed by atoms with Crippen LogP contribution in [0.1, 0.15) is 22.3 Å². The zero-order valence-electron chi connectivity index (χ0n) is 17.5. The number of amides is 1. The standard InChI is InChI=1S/C24H22F2N4O2/c1-32-20-7-3-6-18(25)22(20)15-4-2-5-16-17(15)13-30(24(16)31)21-9-8-19(26)23(28-21)29-11-10-14(27)12-29/h2-9,14H,10-13,27H2,1H3. The van der Waals surface area contributed by atoms with Crippen LogP contribution >= 0.6 is 0 Å². The minimum atomic E-state index is -0.455. The van der Waals surface area contributed by atoms with Crippen LogP contribution in [-0.4, -0.2) is 37.1 Å². The monoisotopic (exact) mass is 436 g/mol. The molecule has 32 heavy (non-hydrogen) atoms. The molecular weight excluding hydrogens is 414 g/mol. The Morgan fingerprint density at radius 3 is 2.59 bits per heavy atom. The summed E-state index contributed by atoms with van der Waals surface area (Å²) in [4.78, 5) is 21.0. The third kappa shape index (κ3) is 3.27. The van der Waals surface area contributed by atoms with Gasteiger partial charge in [0.25, 0.3) is 5.91 Å². The number of pyridine rings is 1. The molecule has 1 saturated heterocycles. The van der Waals surface area contributed by atoms with Crippen LogP contribution in [0, 0.1) is 11.6 Å². The van der Waals surface area contributed by atoms with Gasteiger partial charge in [0.1, 0.15) is 17.4 Å². The molecule has 5 rings (SSSR count). The number of rotatable bonds is 4. The summed E-state index contributed by atoms with van der Waals surface area (Å²) in [5.41, 5.74) is 7.99. The van der Waals surface area contributed by atoms with E-state index < -0.39 is 11.6 Å². The summed E-state index contributed by atoms with van der Waals surface area (Å²) in [6.45, 7) is 1.32. The summed E-state index contributed by atoms with van der Waals surface area (Å²) < 4.78 is 34.6. The van der Waals surface area contributed by atoms with E-state index in [1.165, 1.54) is 30.2 Å². The topological polar surface area (TPSA) is 71.7 Å². The summed E-state index contributed by atoms with van der Waals surface area (Å²) in [6.07, 6.45) is 0.757. The predicted octanol–water partition coefficient (Wildman–Crippen LogP) is 3.73. The number of benzene rings is 2. The maximum absolute atomic E-state index is 14.8. The van der Waals surface area contributed by atoms with Crippen molar-refractivity contribution in [1.29, 1.82) is 0 Å². The number of anilines is 2. The molecule has 0 bridgehead atoms. The van der Waals surface area contributed by atoms with Crippen LogP contribution in [0.4, 0.5) is 20.4 Å². The number of carbonyl (C=O) groups excluding carboxylic acids is 1. The number of aromatic nitrogens is 1. The normalized spacial score (nSPS) is 17.8. The number of ether oxygens (including phenoxy) is 1. The third-order valence-electron chi connectivity index (χ3n) is 6.05. The summed E-state index contributed by atoms with van der Waals surface area (Å²) in [5.74, 6) is -0.234. The van der Waals surface area contributed by atoms with E-state index in [1.807, 2.05) is 0 Å². The molecule has 3 aromatic rings. The van der Waals surface area contributed by atoms with Crippen molar-refractivity contribution in [2.24, 2.45) is 5.73 Å². The molecule has 164 valence electrons. The highest BCUT2D eigenvalue weighted by Crippen LogP contribution is 2.40. The summed E-state index contributed by atoms with van der Waals surface area (Å²) >= 11 is 0. The summed E-state index contributed by atoms with van der Waals surface area (Å²) in [5, 5.41) is 0. The molecule has 6 nitrogen and oxygen atoms in total. The molecule has 2 aliphatic rings. The SMILES string of the molecule is COc1cccc(F)c1-c1cccc2c1CN(c1ccc(F)c(N3CCC(N)C3)n1)C2=O. The van der Waals surface area contributed by atoms with Crippen LogP contribution in [0.3, 0.4) is 0 Å². The number of methoxy groups -OCH3 is 1. The molecule has 2 aliphatic heterocycles. The van der Waals surface area contributed by atoms with Gasteiger partial charge in [0.15, 0.2) is 11.6 Å². The average Bonchev–Trinajstić information content (AvgIpc) is 3.37. The Morgan fingerprint density at radius 2 is 1.84 bits per heavy atom. The number of halogens is 2. The van der Waals surface area contributed by atoms with Gasteiger partial charge < -0.3 is 15.4 Å². The lowest BCUT2D eigenvalue weighted by atomic mass is 9.96. The molecule has 1 amide bonds. The largest absolute Gasteiger partial charge is 0.496 e. The van der Waals surface area contributed by atoms with Crippen LogP contribution < -0.4 is 20.3 Å². The van der Waals surface area contributed by atoms with Gasteiger partial charge in [-0.1, -0.05) is 18.2 Å². The number of fused-ring (bicyclic) bond motifs is 1. The van der Waals surface area contributed by atoms with Gasteiger partial charge in [-0.2, -0.15) is 0 Å². The van der Waals surface area contributed by atoms with Gasteiger partial charge in [0.05, 0.1) is 19.2 Å². The highest BCUT2D eigenvalue weighted by molar-refractivity contribution is 6.11. The number of hydrogen-bond donors (Lipinski definition) is 1. The molecule has 2 aromatic carbocycles. The molecule has 0 saturated carbocycles. The Kier molecular flexibility index (Phi) is 5.01. The number of nitrogens with zero attached hydrogens (tertiary/aromatic N) is 3. The Labute approximate surface area is 184 Å². The Balaban J connectivity index is 1.55. The highest BCUT2D eigenvalue weighted by atomic mass is 19.1. The van der Waals surface area contributed by atoms with Gasteiger partial charge >= 0.3 is 0 Å². The minimum absolute atomic E-state index is 0.0316. The second-order valence-corrected chi connectivity index (χ2v) is 8.01. The zero-order valence-corrected chi connectivity index (χ0v) is 17.5. The Hall–Kier alpha value is -3.52. The molecule has 3 heterocycles. The first-order chi connectivity index (χ1) is 15.5. The molecule has 1 atom stereocenters. The number of hydrogen-bond acceptors (Lipinski definition) is 5. The van der Waals surface area contributed by atoms with E-state index in [-0.39, 0.29) is 24.3 Å². The van der Waals surface area contributed by atoms with Gasteiger partial charge in [-0.3, -0.25) is 9.69 Å². The predicted molar refractivity (Wildman–Crippen MR) is 118 cm³/mol. The average molecular weight is 436 g/mol. The van der Waals surface area contributed by atoms with Gasteiger partial charge in [-0.05, 0) is 47.9 Å². The maximum atomic E-state index is 14.8. The smallest absolute Gasteiger partial charge is 0.260 e. The van der Waals surface area contributed by atoms with E-state index in [2.05, 4.69) is 4.98 Å². The van der Waals surface area contributed by atoms with Gasteiger partial charge in [0.2, 0.25) is 0 Å². The van der Waals surface area contributed by atoms with Crippen LogP contribution in [-0.2, 0) is 6.54 Å². The third-order valence-corrected chi connectivity index (χ3v) is 6.05. The van der Waals surface area contributed by atoms with Crippen molar-refractivity contribution >= 4 is 17.5 Å². The molecule has 2 N–H and O–H groups in total. The second kappa shape index (κ2) is 7.87. The van der Waals surface area contributed by atoms with Gasteiger partial charge in [-0.25, -0.2) is 13.8 Å². The van der Waals surface area contributed by atoms with Crippen molar-refractivity contribution in [1.82, 2.24) is 4.98 Å². The molecule has 1 unspecified atom stereocenters. The van der Waals surface area contributed by atoms with Crippen LogP contribution in [0.25, 0.3) is 11.1 Å². The van der Waals surface area contributed by atoms with Crippen LogP contribution in [0.15, 0.2) is 48.5 Å². The van der Waals surface area contributed by atoms with Gasteiger partial charge in [0, 0.05) is 24.7 Å². The first kappa shape index (κ1) is 20.4. The summed E-state index contributed by atoms with van der Waals surface area (Å²) in [7, 11) is 1.48. The molecular formula is C24H22F2N4O2. The van der Waals surface area contributed by atoms with E-state index in [1.54, 1.807) is 35.2 Å². The van der Waals surface area contributed by atoms with E-state index >= 15 is 0 Å². The van der Waals surface area contributed by atoms with E-state index in [0.717, 1.165) is 6.42 Å². The molecule has 0 radical (unpaired) electrons. The quantitative estimate of drug-likeness (QED) is 0.675. The van der Waals surface area contributed by atoms with E-state index in [0.29, 0.717) is 46.9 Å². The highest BCUT2D eigenvalue weighted by Gasteiger charge is 2.33. The summed E-state index contributed by atoms with van der Waals surface area (Å²) in [6, 6.07) is 12.6. The molecule has 0 spiro atoms. The van der Waals surface area contributed by atoms with Crippen molar-refractivity contribution in [3.8, 4) is 16.9 Å². The van der Waals surface area contributed by atoms with Crippen molar-refractivity contribution in [2.75, 3.05) is 30.0 Å². The molecule has 0 aliphatic carbocycles. The Morgan fingerprint density at radius 1 is 1.06 bits per heavy atom. The maximum Gasteiger partial charge on any atom is 0.260 e. The Bertz CT molecular complexity index is 1220. The fourth-order valence-electron chi connectivity index (χ4n) is 4.46. The van der Waals surface area contributed by atoms with Crippen molar-refractivity contribution in [3.05, 3.63) is 71.3 Å². The van der Waals surface area contributed by atoms with Crippen molar-refractivity contribution in [2.45, 2.75) is 19.0 Å². The lowest BCUT2D eigenvalue weighted by Gasteiger charge is -2.21. The molecule has 1 fully saturated rings. The first-order valence-corrected chi connectivity index (χ1v) is 10.4. The lowest BCUT2D eigenvalue weighted by molar-refractivity contribution is 0.0996. The van der Waals surface area contributed by atoms with Crippen molar-refractivity contribution < 1.29 is 18.3 Å². The fraction of sp³-hybridized carbons (Fsp3) is 0.250. The van der Waals surface area contributed by atoms with E-state index in [4.69, 9.17) is 10.5 Å². The van der Waals surface area contributed by atoms with Crippen LogP contribution in [0.5, 0.6) is 5.75 Å². The lowest BCUT2D eigenvalue weighted by Crippen LogP contribution is -2.29. The first-order valence-electron chi connectivity index (χ1n) is 10.4. The fourth-order valence-corrected chi connectivity index (χ4v) is 4.46. The number of carbonyl (C=O) groups is 1. The second-order valence-electron chi connectivity index (χ2n) is 8.01. The molecule has 8 heteroatoms. The van der Waals surface area contributed by atoms with Gasteiger partial charge in [-0.15, -0.1) is 0 Å². The van der Waals surface area contributed by atoms with Crippen molar-refractivity contribution in [3.63, 3.8) is 0 Å².